The second kappa shape index (κ2) is 6.77. The van der Waals surface area contributed by atoms with E-state index >= 15 is 0 Å². The Bertz CT molecular complexity index is 362. The van der Waals surface area contributed by atoms with Crippen LogP contribution < -0.4 is 11.1 Å². The van der Waals surface area contributed by atoms with E-state index in [1.807, 2.05) is 24.3 Å². The first-order valence-corrected chi connectivity index (χ1v) is 6.58. The van der Waals surface area contributed by atoms with Crippen molar-refractivity contribution in [2.75, 3.05) is 11.9 Å². The number of benzene rings is 1. The third-order valence-electron chi connectivity index (χ3n) is 2.52. The zero-order chi connectivity index (χ0) is 12.8. The van der Waals surface area contributed by atoms with Gasteiger partial charge in [0, 0.05) is 16.7 Å². The summed E-state index contributed by atoms with van der Waals surface area (Å²) in [5.41, 5.74) is 6.44. The maximum atomic E-state index is 12.0. The quantitative estimate of drug-likeness (QED) is 0.878. The maximum absolute atomic E-state index is 12.0. The van der Waals surface area contributed by atoms with Crippen LogP contribution in [0.5, 0.6) is 0 Å². The largest absolute Gasteiger partial charge is 0.330 e. The fraction of sp³-hybridized carbons (Fsp3) is 0.462. The molecule has 3 nitrogen and oxygen atoms in total. The standard InChI is InChI=1S/C13H19BrN2O/c1-9(2)7-10(8-15)13(17)16-12-5-3-11(14)4-6-12/h3-6,9-10H,7-8,15H2,1-2H3,(H,16,17). The molecule has 0 aliphatic rings. The van der Waals surface area contributed by atoms with Crippen LogP contribution in [0.3, 0.4) is 0 Å². The molecule has 0 spiro atoms. The number of nitrogens with two attached hydrogens (primary N) is 1. The summed E-state index contributed by atoms with van der Waals surface area (Å²) < 4.78 is 0.994. The van der Waals surface area contributed by atoms with Gasteiger partial charge in [0.15, 0.2) is 0 Å². The molecule has 1 rings (SSSR count). The molecule has 94 valence electrons. The van der Waals surface area contributed by atoms with Crippen LogP contribution in [-0.2, 0) is 4.79 Å². The number of hydrogen-bond acceptors (Lipinski definition) is 2. The van der Waals surface area contributed by atoms with E-state index < -0.39 is 0 Å². The number of halogens is 1. The number of nitrogens with one attached hydrogen (secondary N) is 1. The molecule has 1 aromatic carbocycles. The van der Waals surface area contributed by atoms with Crippen LogP contribution in [0.1, 0.15) is 20.3 Å². The van der Waals surface area contributed by atoms with E-state index in [0.29, 0.717) is 12.5 Å². The lowest BCUT2D eigenvalue weighted by Crippen LogP contribution is -2.30. The number of rotatable bonds is 5. The zero-order valence-electron chi connectivity index (χ0n) is 10.2. The van der Waals surface area contributed by atoms with Gasteiger partial charge >= 0.3 is 0 Å². The number of hydrogen-bond donors (Lipinski definition) is 2. The van der Waals surface area contributed by atoms with Crippen LogP contribution in [0, 0.1) is 11.8 Å². The molecular formula is C13H19BrN2O. The number of carbonyl (C=O) groups is 1. The zero-order valence-corrected chi connectivity index (χ0v) is 11.8. The molecule has 0 heterocycles. The highest BCUT2D eigenvalue weighted by molar-refractivity contribution is 9.10. The molecule has 0 fully saturated rings. The van der Waals surface area contributed by atoms with Crippen LogP contribution in [0.25, 0.3) is 0 Å². The average Bonchev–Trinajstić information content (AvgIpc) is 2.28. The van der Waals surface area contributed by atoms with E-state index in [1.165, 1.54) is 0 Å². The van der Waals surface area contributed by atoms with Crippen LogP contribution in [0.15, 0.2) is 28.7 Å². The van der Waals surface area contributed by atoms with Gasteiger partial charge in [-0.15, -0.1) is 0 Å². The van der Waals surface area contributed by atoms with Gasteiger partial charge in [-0.2, -0.15) is 0 Å². The molecule has 1 unspecified atom stereocenters. The van der Waals surface area contributed by atoms with Crippen LogP contribution in [0.2, 0.25) is 0 Å². The van der Waals surface area contributed by atoms with Gasteiger partial charge in [0.2, 0.25) is 5.91 Å². The highest BCUT2D eigenvalue weighted by Crippen LogP contribution is 2.17. The number of carbonyl (C=O) groups excluding carboxylic acids is 1. The summed E-state index contributed by atoms with van der Waals surface area (Å²) >= 11 is 3.35. The average molecular weight is 299 g/mol. The van der Waals surface area contributed by atoms with Gasteiger partial charge in [0.25, 0.3) is 0 Å². The first-order chi connectivity index (χ1) is 8.02. The molecule has 0 aliphatic heterocycles. The highest BCUT2D eigenvalue weighted by atomic mass is 79.9. The Hall–Kier alpha value is -0.870. The van der Waals surface area contributed by atoms with Gasteiger partial charge in [-0.1, -0.05) is 29.8 Å². The van der Waals surface area contributed by atoms with Crippen LogP contribution in [0.4, 0.5) is 5.69 Å². The van der Waals surface area contributed by atoms with Crippen LogP contribution in [-0.4, -0.2) is 12.5 Å². The minimum atomic E-state index is -0.112. The van der Waals surface area contributed by atoms with Crippen LogP contribution >= 0.6 is 15.9 Å². The van der Waals surface area contributed by atoms with E-state index in [4.69, 9.17) is 5.73 Å². The Kier molecular flexibility index (Phi) is 5.65. The van der Waals surface area contributed by atoms with Gasteiger partial charge < -0.3 is 11.1 Å². The highest BCUT2D eigenvalue weighted by Gasteiger charge is 2.18. The van der Waals surface area contributed by atoms with Crippen molar-refractivity contribution in [3.63, 3.8) is 0 Å². The Morgan fingerprint density at radius 2 is 1.94 bits per heavy atom. The Morgan fingerprint density at radius 1 is 1.35 bits per heavy atom. The maximum Gasteiger partial charge on any atom is 0.228 e. The molecule has 0 aliphatic carbocycles. The van der Waals surface area contributed by atoms with E-state index in [1.54, 1.807) is 0 Å². The summed E-state index contributed by atoms with van der Waals surface area (Å²) in [4.78, 5) is 12.0. The smallest absolute Gasteiger partial charge is 0.228 e. The SMILES string of the molecule is CC(C)CC(CN)C(=O)Nc1ccc(Br)cc1. The molecule has 4 heteroatoms. The monoisotopic (exact) mass is 298 g/mol. The molecule has 0 aromatic heterocycles. The van der Waals surface area contributed by atoms with Crippen molar-refractivity contribution >= 4 is 27.5 Å². The van der Waals surface area contributed by atoms with Crippen molar-refractivity contribution in [3.05, 3.63) is 28.7 Å². The Morgan fingerprint density at radius 3 is 2.41 bits per heavy atom. The van der Waals surface area contributed by atoms with Gasteiger partial charge in [-0.05, 0) is 36.6 Å². The number of anilines is 1. The summed E-state index contributed by atoms with van der Waals surface area (Å²) in [7, 11) is 0. The van der Waals surface area contributed by atoms with E-state index in [-0.39, 0.29) is 11.8 Å². The summed E-state index contributed by atoms with van der Waals surface area (Å²) in [6.45, 7) is 4.58. The van der Waals surface area contributed by atoms with Crippen molar-refractivity contribution in [1.29, 1.82) is 0 Å². The first-order valence-electron chi connectivity index (χ1n) is 5.79. The third-order valence-corrected chi connectivity index (χ3v) is 3.05. The first kappa shape index (κ1) is 14.2. The molecule has 3 N–H and O–H groups in total. The number of amides is 1. The molecule has 1 amide bonds. The minimum absolute atomic E-state index is 0.00326. The molecule has 17 heavy (non-hydrogen) atoms. The van der Waals surface area contributed by atoms with Crippen molar-refractivity contribution in [2.45, 2.75) is 20.3 Å². The summed E-state index contributed by atoms with van der Waals surface area (Å²) in [6, 6.07) is 7.53. The lowest BCUT2D eigenvalue weighted by molar-refractivity contribution is -0.120. The van der Waals surface area contributed by atoms with E-state index in [2.05, 4.69) is 35.1 Å². The fourth-order valence-electron chi connectivity index (χ4n) is 1.66. The van der Waals surface area contributed by atoms with E-state index in [9.17, 15) is 4.79 Å². The van der Waals surface area contributed by atoms with Crippen molar-refractivity contribution < 1.29 is 4.79 Å². The Labute approximate surface area is 111 Å². The van der Waals surface area contributed by atoms with Crippen molar-refractivity contribution in [2.24, 2.45) is 17.6 Å². The summed E-state index contributed by atoms with van der Waals surface area (Å²) in [5.74, 6) is 0.362. The lowest BCUT2D eigenvalue weighted by atomic mass is 9.96. The lowest BCUT2D eigenvalue weighted by Gasteiger charge is -2.16. The molecule has 0 bridgehead atoms. The summed E-state index contributed by atoms with van der Waals surface area (Å²) in [6.07, 6.45) is 0.818. The molecular weight excluding hydrogens is 280 g/mol. The molecule has 1 aromatic rings. The third kappa shape index (κ3) is 4.88. The van der Waals surface area contributed by atoms with Crippen molar-refractivity contribution in [3.8, 4) is 0 Å². The normalized spacial score (nSPS) is 12.5. The molecule has 0 saturated carbocycles. The van der Waals surface area contributed by atoms with Gasteiger partial charge in [0.05, 0.1) is 5.92 Å². The summed E-state index contributed by atoms with van der Waals surface area (Å²) in [5, 5.41) is 2.89. The topological polar surface area (TPSA) is 55.1 Å². The predicted molar refractivity (Wildman–Crippen MR) is 74.8 cm³/mol. The molecule has 1 atom stereocenters. The predicted octanol–water partition coefficient (Wildman–Crippen LogP) is 3.01. The fourth-order valence-corrected chi connectivity index (χ4v) is 1.92. The molecule has 0 radical (unpaired) electrons. The van der Waals surface area contributed by atoms with E-state index in [0.717, 1.165) is 16.6 Å². The second-order valence-electron chi connectivity index (χ2n) is 4.56. The van der Waals surface area contributed by atoms with Gasteiger partial charge in [0.1, 0.15) is 0 Å². The Balaban J connectivity index is 2.60. The van der Waals surface area contributed by atoms with Crippen molar-refractivity contribution in [1.82, 2.24) is 0 Å². The minimum Gasteiger partial charge on any atom is -0.330 e. The molecule has 0 saturated heterocycles. The van der Waals surface area contributed by atoms with Gasteiger partial charge in [-0.25, -0.2) is 0 Å². The van der Waals surface area contributed by atoms with Gasteiger partial charge in [-0.3, -0.25) is 4.79 Å². The second-order valence-corrected chi connectivity index (χ2v) is 5.47.